The molecule has 0 radical (unpaired) electrons. The van der Waals surface area contributed by atoms with Gasteiger partial charge in [0.25, 0.3) is 0 Å². The van der Waals surface area contributed by atoms with E-state index < -0.39 is 5.60 Å². The van der Waals surface area contributed by atoms with E-state index >= 15 is 0 Å². The second-order valence-corrected chi connectivity index (χ2v) is 11.2. The number of aliphatic hydroxyl groups is 2. The van der Waals surface area contributed by atoms with E-state index in [1.165, 1.54) is 44.1 Å². The molecule has 0 bridgehead atoms. The Kier molecular flexibility index (Phi) is 7.16. The average Bonchev–Trinajstić information content (AvgIpc) is 2.99. The van der Waals surface area contributed by atoms with E-state index in [2.05, 4.69) is 32.6 Å². The summed E-state index contributed by atoms with van der Waals surface area (Å²) in [5, 5.41) is 20.1. The van der Waals surface area contributed by atoms with Gasteiger partial charge in [0.15, 0.2) is 0 Å². The van der Waals surface area contributed by atoms with Crippen molar-refractivity contribution in [3.05, 3.63) is 35.5 Å². The second-order valence-electron chi connectivity index (χ2n) is 11.2. The molecule has 3 saturated carbocycles. The Morgan fingerprint density at radius 2 is 1.97 bits per heavy atom. The molecule has 29 heavy (non-hydrogen) atoms. The summed E-state index contributed by atoms with van der Waals surface area (Å²) >= 11 is 0. The fourth-order valence-electron chi connectivity index (χ4n) is 6.63. The molecule has 0 saturated heterocycles. The number of rotatable bonds is 6. The highest BCUT2D eigenvalue weighted by Gasteiger charge is 2.50. The van der Waals surface area contributed by atoms with Crippen molar-refractivity contribution in [2.45, 2.75) is 110 Å². The first-order chi connectivity index (χ1) is 13.6. The van der Waals surface area contributed by atoms with Gasteiger partial charge >= 0.3 is 0 Å². The molecule has 164 valence electrons. The van der Waals surface area contributed by atoms with Crippen molar-refractivity contribution in [1.29, 1.82) is 0 Å². The Morgan fingerprint density at radius 3 is 2.66 bits per heavy atom. The third kappa shape index (κ3) is 5.44. The third-order valence-corrected chi connectivity index (χ3v) is 8.40. The molecular formula is C27H44O2. The molecule has 3 fully saturated rings. The van der Waals surface area contributed by atoms with Crippen molar-refractivity contribution >= 4 is 0 Å². The maximum atomic E-state index is 10.1. The van der Waals surface area contributed by atoms with E-state index in [1.807, 2.05) is 13.8 Å². The van der Waals surface area contributed by atoms with Gasteiger partial charge in [-0.3, -0.25) is 0 Å². The minimum atomic E-state index is -0.533. The maximum absolute atomic E-state index is 10.1. The Labute approximate surface area is 179 Å². The summed E-state index contributed by atoms with van der Waals surface area (Å²) in [5.74, 6) is 2.29. The van der Waals surface area contributed by atoms with Crippen molar-refractivity contribution in [1.82, 2.24) is 0 Å². The fourth-order valence-corrected chi connectivity index (χ4v) is 6.63. The molecule has 2 nitrogen and oxygen atoms in total. The zero-order valence-corrected chi connectivity index (χ0v) is 19.3. The number of hydrogen-bond acceptors (Lipinski definition) is 2. The number of hydrogen-bond donors (Lipinski definition) is 2. The summed E-state index contributed by atoms with van der Waals surface area (Å²) < 4.78 is 0. The minimum Gasteiger partial charge on any atom is -0.390 e. The van der Waals surface area contributed by atoms with Gasteiger partial charge in [-0.25, -0.2) is 0 Å². The highest BCUT2D eigenvalue weighted by atomic mass is 16.3. The second kappa shape index (κ2) is 9.10. The summed E-state index contributed by atoms with van der Waals surface area (Å²) in [7, 11) is 0. The molecule has 5 atom stereocenters. The molecule has 2 heteroatoms. The lowest BCUT2D eigenvalue weighted by molar-refractivity contribution is 0.0596. The summed E-state index contributed by atoms with van der Waals surface area (Å²) in [6.45, 7) is 12.9. The Hall–Kier alpha value is -0.860. The summed E-state index contributed by atoms with van der Waals surface area (Å²) in [6, 6.07) is 0. The topological polar surface area (TPSA) is 40.5 Å². The summed E-state index contributed by atoms with van der Waals surface area (Å²) in [5.41, 5.74) is 3.96. The van der Waals surface area contributed by atoms with Crippen molar-refractivity contribution in [2.75, 3.05) is 0 Å². The van der Waals surface area contributed by atoms with Crippen LogP contribution in [0.5, 0.6) is 0 Å². The van der Waals surface area contributed by atoms with E-state index in [1.54, 1.807) is 5.57 Å². The summed E-state index contributed by atoms with van der Waals surface area (Å²) in [4.78, 5) is 0. The van der Waals surface area contributed by atoms with Gasteiger partial charge in [0.1, 0.15) is 0 Å². The molecule has 0 aromatic rings. The first-order valence-corrected chi connectivity index (χ1v) is 12.1. The van der Waals surface area contributed by atoms with Crippen LogP contribution in [0.2, 0.25) is 0 Å². The van der Waals surface area contributed by atoms with E-state index in [-0.39, 0.29) is 6.10 Å². The molecule has 0 amide bonds. The SMILES string of the molecule is C=C1CC/C(=C/C=C2\CCCC3(C)C2CCC3C(C)CCCC(C)(C)O)CC1O. The number of allylic oxidation sites excluding steroid dienone is 3. The van der Waals surface area contributed by atoms with Crippen LogP contribution >= 0.6 is 0 Å². The maximum Gasteiger partial charge on any atom is 0.0784 e. The molecule has 0 aromatic carbocycles. The van der Waals surface area contributed by atoms with Crippen LogP contribution in [0.4, 0.5) is 0 Å². The van der Waals surface area contributed by atoms with Gasteiger partial charge in [-0.2, -0.15) is 0 Å². The van der Waals surface area contributed by atoms with Crippen LogP contribution < -0.4 is 0 Å². The Bertz CT molecular complexity index is 650. The van der Waals surface area contributed by atoms with Crippen LogP contribution in [0.25, 0.3) is 0 Å². The lowest BCUT2D eigenvalue weighted by Gasteiger charge is -2.44. The first-order valence-electron chi connectivity index (χ1n) is 12.1. The highest BCUT2D eigenvalue weighted by molar-refractivity contribution is 5.28. The standard InChI is InChI=1S/C27H44O2/c1-19(8-6-16-26(3,4)29)23-14-15-24-22(9-7-17-27(23,24)5)13-12-21-11-10-20(2)25(28)18-21/h12-13,19,23-25,28-29H,2,6-11,14-18H2,1,3-5H3/b21-12-,22-13+. The van der Waals surface area contributed by atoms with Crippen LogP contribution in [-0.2, 0) is 0 Å². The summed E-state index contributed by atoms with van der Waals surface area (Å²) in [6.07, 6.45) is 17.1. The Morgan fingerprint density at radius 1 is 1.21 bits per heavy atom. The molecule has 2 N–H and O–H groups in total. The van der Waals surface area contributed by atoms with Crippen LogP contribution in [-0.4, -0.2) is 21.9 Å². The number of fused-ring (bicyclic) bond motifs is 1. The van der Waals surface area contributed by atoms with E-state index in [0.29, 0.717) is 5.41 Å². The molecule has 3 aliphatic carbocycles. The third-order valence-electron chi connectivity index (χ3n) is 8.40. The molecule has 0 aromatic heterocycles. The van der Waals surface area contributed by atoms with Gasteiger partial charge < -0.3 is 10.2 Å². The molecule has 0 heterocycles. The largest absolute Gasteiger partial charge is 0.390 e. The first kappa shape index (κ1) is 22.8. The average molecular weight is 401 g/mol. The van der Waals surface area contributed by atoms with Crippen molar-refractivity contribution in [2.24, 2.45) is 23.2 Å². The Balaban J connectivity index is 1.65. The zero-order chi connectivity index (χ0) is 21.2. The lowest BCUT2D eigenvalue weighted by Crippen LogP contribution is -2.36. The van der Waals surface area contributed by atoms with Gasteiger partial charge in [0.2, 0.25) is 0 Å². The fraction of sp³-hybridized carbons (Fsp3) is 0.778. The van der Waals surface area contributed by atoms with E-state index in [9.17, 15) is 10.2 Å². The molecular weight excluding hydrogens is 356 g/mol. The van der Waals surface area contributed by atoms with Crippen LogP contribution in [0.3, 0.4) is 0 Å². The van der Waals surface area contributed by atoms with E-state index in [4.69, 9.17) is 0 Å². The molecule has 5 unspecified atom stereocenters. The normalized spacial score (nSPS) is 37.2. The molecule has 0 aliphatic heterocycles. The van der Waals surface area contributed by atoms with Crippen LogP contribution in [0, 0.1) is 23.2 Å². The highest BCUT2D eigenvalue weighted by Crippen LogP contribution is 2.59. The van der Waals surface area contributed by atoms with Crippen molar-refractivity contribution in [3.63, 3.8) is 0 Å². The van der Waals surface area contributed by atoms with Crippen LogP contribution in [0.1, 0.15) is 98.3 Å². The molecule has 3 rings (SSSR count). The predicted octanol–water partition coefficient (Wildman–Crippen LogP) is 6.73. The van der Waals surface area contributed by atoms with Gasteiger partial charge in [-0.15, -0.1) is 0 Å². The molecule has 3 aliphatic rings. The van der Waals surface area contributed by atoms with Gasteiger partial charge in [0, 0.05) is 0 Å². The predicted molar refractivity (Wildman–Crippen MR) is 123 cm³/mol. The van der Waals surface area contributed by atoms with Crippen molar-refractivity contribution in [3.8, 4) is 0 Å². The zero-order valence-electron chi connectivity index (χ0n) is 19.3. The van der Waals surface area contributed by atoms with Gasteiger partial charge in [-0.05, 0) is 100 Å². The lowest BCUT2D eigenvalue weighted by atomic mass is 9.60. The van der Waals surface area contributed by atoms with Gasteiger partial charge in [0.05, 0.1) is 11.7 Å². The van der Waals surface area contributed by atoms with E-state index in [0.717, 1.165) is 55.4 Å². The van der Waals surface area contributed by atoms with Gasteiger partial charge in [-0.1, -0.05) is 56.6 Å². The molecule has 0 spiro atoms. The quantitative estimate of drug-likeness (QED) is 0.485. The monoisotopic (exact) mass is 400 g/mol. The minimum absolute atomic E-state index is 0.342. The van der Waals surface area contributed by atoms with Crippen LogP contribution in [0.15, 0.2) is 35.5 Å². The smallest absolute Gasteiger partial charge is 0.0784 e. The number of aliphatic hydroxyl groups excluding tert-OH is 1. The van der Waals surface area contributed by atoms with Crippen molar-refractivity contribution < 1.29 is 10.2 Å².